The summed E-state index contributed by atoms with van der Waals surface area (Å²) in [5.74, 6) is -3.13. The fourth-order valence-electron chi connectivity index (χ4n) is 3.31. The van der Waals surface area contributed by atoms with Gasteiger partial charge in [-0.05, 0) is 32.4 Å². The molecule has 13 heteroatoms. The minimum atomic E-state index is -1.18. The van der Waals surface area contributed by atoms with E-state index in [-0.39, 0.29) is 41.8 Å². The van der Waals surface area contributed by atoms with E-state index in [0.717, 1.165) is 23.5 Å². The van der Waals surface area contributed by atoms with Crippen LogP contribution in [-0.4, -0.2) is 46.9 Å². The maximum absolute atomic E-state index is 14.0. The molecule has 0 radical (unpaired) electrons. The molecular weight excluding hydrogens is 521 g/mol. The van der Waals surface area contributed by atoms with Crippen molar-refractivity contribution in [3.8, 4) is 0 Å². The molecule has 0 aliphatic heterocycles. The number of thiazole rings is 1. The molecule has 3 rings (SSSR count). The molecule has 0 spiro atoms. The largest absolute Gasteiger partial charge is 0.447 e. The van der Waals surface area contributed by atoms with E-state index in [1.807, 2.05) is 0 Å². The maximum Gasteiger partial charge on any atom is 0.413 e. The van der Waals surface area contributed by atoms with E-state index in [4.69, 9.17) is 16.3 Å². The lowest BCUT2D eigenvalue weighted by Gasteiger charge is -2.25. The molecule has 0 fully saturated rings. The Hall–Kier alpha value is -2.93. The van der Waals surface area contributed by atoms with Crippen molar-refractivity contribution in [1.29, 1.82) is 0 Å². The Bertz CT molecular complexity index is 1210. The number of amides is 2. The fraction of sp³-hybridized carbons (Fsp3) is 0.348. The van der Waals surface area contributed by atoms with Crippen molar-refractivity contribution in [2.24, 2.45) is 0 Å². The lowest BCUT2D eigenvalue weighted by molar-refractivity contribution is -0.121. The van der Waals surface area contributed by atoms with E-state index in [2.05, 4.69) is 20.9 Å². The van der Waals surface area contributed by atoms with Crippen LogP contribution in [0.2, 0.25) is 5.02 Å². The number of hydrogen-bond acceptors (Lipinski definition) is 7. The Morgan fingerprint density at radius 2 is 1.94 bits per heavy atom. The highest BCUT2D eigenvalue weighted by molar-refractivity contribution is 7.22. The van der Waals surface area contributed by atoms with Gasteiger partial charge in [0.1, 0.15) is 12.4 Å². The molecule has 194 valence electrons. The van der Waals surface area contributed by atoms with Crippen molar-refractivity contribution >= 4 is 50.3 Å². The predicted molar refractivity (Wildman–Crippen MR) is 130 cm³/mol. The molecule has 0 saturated heterocycles. The second kappa shape index (κ2) is 11.9. The lowest BCUT2D eigenvalue weighted by atomic mass is 9.99. The summed E-state index contributed by atoms with van der Waals surface area (Å²) in [4.78, 5) is 28.6. The van der Waals surface area contributed by atoms with Gasteiger partial charge in [-0.15, -0.1) is 0 Å². The van der Waals surface area contributed by atoms with Crippen LogP contribution < -0.4 is 16.0 Å². The summed E-state index contributed by atoms with van der Waals surface area (Å²) in [7, 11) is 0. The maximum atomic E-state index is 14.0. The van der Waals surface area contributed by atoms with Gasteiger partial charge in [0, 0.05) is 18.2 Å². The molecular formula is C23H24ClF3N4O4S. The zero-order chi connectivity index (χ0) is 26.5. The van der Waals surface area contributed by atoms with Crippen LogP contribution in [0.4, 0.5) is 23.1 Å². The zero-order valence-corrected chi connectivity index (χ0v) is 20.9. The Morgan fingerprint density at radius 3 is 2.67 bits per heavy atom. The first kappa shape index (κ1) is 27.7. The van der Waals surface area contributed by atoms with Gasteiger partial charge in [-0.2, -0.15) is 0 Å². The standard InChI is InChI=1S/C23H24ClF3N4O4S/c1-23(2,34)8-13(29-19(32)10-28-9-12-4-3-5-14(24)20(12)27)11-35-22(33)31-21-30-17-6-15(25)16(26)7-18(17)36-21/h3-7,13,28,34H,8-11H2,1-2H3,(H,29,32)(H,30,31,33)/t13-/m0/s1. The highest BCUT2D eigenvalue weighted by Crippen LogP contribution is 2.28. The fourth-order valence-corrected chi connectivity index (χ4v) is 4.36. The monoisotopic (exact) mass is 544 g/mol. The van der Waals surface area contributed by atoms with Gasteiger partial charge in [0.25, 0.3) is 0 Å². The Morgan fingerprint density at radius 1 is 1.22 bits per heavy atom. The second-order valence-electron chi connectivity index (χ2n) is 8.57. The normalized spacial score (nSPS) is 12.4. The number of anilines is 1. The number of rotatable bonds is 10. The van der Waals surface area contributed by atoms with Gasteiger partial charge in [-0.1, -0.05) is 35.1 Å². The number of benzene rings is 2. The van der Waals surface area contributed by atoms with Crippen LogP contribution in [-0.2, 0) is 16.1 Å². The smallest absolute Gasteiger partial charge is 0.413 e. The minimum Gasteiger partial charge on any atom is -0.447 e. The first-order chi connectivity index (χ1) is 16.9. The predicted octanol–water partition coefficient (Wildman–Crippen LogP) is 4.35. The molecule has 0 aliphatic carbocycles. The third kappa shape index (κ3) is 8.05. The molecule has 2 aromatic carbocycles. The molecule has 0 bridgehead atoms. The van der Waals surface area contributed by atoms with Gasteiger partial charge in [-0.25, -0.2) is 22.9 Å². The van der Waals surface area contributed by atoms with Crippen LogP contribution in [0, 0.1) is 17.5 Å². The summed E-state index contributed by atoms with van der Waals surface area (Å²) in [5.41, 5.74) is -0.716. The van der Waals surface area contributed by atoms with Crippen LogP contribution in [0.3, 0.4) is 0 Å². The Balaban J connectivity index is 1.52. The van der Waals surface area contributed by atoms with Crippen molar-refractivity contribution in [1.82, 2.24) is 15.6 Å². The third-order valence-electron chi connectivity index (χ3n) is 4.80. The number of fused-ring (bicyclic) bond motifs is 1. The molecule has 3 aromatic rings. The first-order valence-corrected chi connectivity index (χ1v) is 12.0. The van der Waals surface area contributed by atoms with E-state index in [0.29, 0.717) is 10.3 Å². The number of hydrogen-bond donors (Lipinski definition) is 4. The number of nitrogens with zero attached hydrogens (tertiary/aromatic N) is 1. The Labute approximate surface area is 213 Å². The SMILES string of the molecule is CC(C)(O)C[C@@H](COC(=O)Nc1nc2cc(F)c(F)cc2s1)NC(=O)CNCc1cccc(Cl)c1F. The summed E-state index contributed by atoms with van der Waals surface area (Å²) in [5, 5.41) is 18.0. The molecule has 2 amide bonds. The number of nitrogens with one attached hydrogen (secondary N) is 3. The number of aromatic nitrogens is 1. The number of carbonyl (C=O) groups excluding carboxylic acids is 2. The number of ether oxygens (including phenoxy) is 1. The van der Waals surface area contributed by atoms with E-state index < -0.39 is 41.1 Å². The summed E-state index contributed by atoms with van der Waals surface area (Å²) in [6, 6.07) is 5.69. The summed E-state index contributed by atoms with van der Waals surface area (Å²) in [6.07, 6.45) is -0.839. The molecule has 0 aliphatic rings. The quantitative estimate of drug-likeness (QED) is 0.302. The van der Waals surface area contributed by atoms with Crippen molar-refractivity contribution < 1.29 is 32.6 Å². The average molecular weight is 545 g/mol. The van der Waals surface area contributed by atoms with Crippen molar-refractivity contribution in [2.45, 2.75) is 38.5 Å². The van der Waals surface area contributed by atoms with E-state index >= 15 is 0 Å². The highest BCUT2D eigenvalue weighted by Gasteiger charge is 2.24. The van der Waals surface area contributed by atoms with Crippen molar-refractivity contribution in [3.05, 3.63) is 58.4 Å². The van der Waals surface area contributed by atoms with Gasteiger partial charge in [-0.3, -0.25) is 10.1 Å². The summed E-state index contributed by atoms with van der Waals surface area (Å²) >= 11 is 6.67. The molecule has 1 heterocycles. The van der Waals surface area contributed by atoms with Crippen LogP contribution in [0.25, 0.3) is 10.2 Å². The molecule has 0 saturated carbocycles. The van der Waals surface area contributed by atoms with Crippen LogP contribution in [0.5, 0.6) is 0 Å². The molecule has 4 N–H and O–H groups in total. The van der Waals surface area contributed by atoms with Crippen LogP contribution >= 0.6 is 22.9 Å². The van der Waals surface area contributed by atoms with Crippen LogP contribution in [0.1, 0.15) is 25.8 Å². The molecule has 1 aromatic heterocycles. The van der Waals surface area contributed by atoms with E-state index in [1.54, 1.807) is 6.07 Å². The lowest BCUT2D eigenvalue weighted by Crippen LogP contribution is -2.46. The third-order valence-corrected chi connectivity index (χ3v) is 6.02. The van der Waals surface area contributed by atoms with Crippen molar-refractivity contribution in [3.63, 3.8) is 0 Å². The van der Waals surface area contributed by atoms with E-state index in [1.165, 1.54) is 26.0 Å². The molecule has 36 heavy (non-hydrogen) atoms. The molecule has 8 nitrogen and oxygen atoms in total. The number of aliphatic hydroxyl groups is 1. The van der Waals surface area contributed by atoms with E-state index in [9.17, 15) is 27.9 Å². The average Bonchev–Trinajstić information content (AvgIpc) is 3.15. The van der Waals surface area contributed by atoms with Crippen LogP contribution in [0.15, 0.2) is 30.3 Å². The van der Waals surface area contributed by atoms with Gasteiger partial charge in [0.2, 0.25) is 5.91 Å². The summed E-state index contributed by atoms with van der Waals surface area (Å²) < 4.78 is 46.2. The molecule has 1 atom stereocenters. The second-order valence-corrected chi connectivity index (χ2v) is 10.0. The summed E-state index contributed by atoms with van der Waals surface area (Å²) in [6.45, 7) is 2.68. The molecule has 0 unspecified atom stereocenters. The highest BCUT2D eigenvalue weighted by atomic mass is 35.5. The number of halogens is 4. The van der Waals surface area contributed by atoms with Crippen molar-refractivity contribution in [2.75, 3.05) is 18.5 Å². The number of carbonyl (C=O) groups is 2. The minimum absolute atomic E-state index is 0.0235. The first-order valence-electron chi connectivity index (χ1n) is 10.8. The van der Waals surface area contributed by atoms with Gasteiger partial charge in [0.05, 0.1) is 33.4 Å². The zero-order valence-electron chi connectivity index (χ0n) is 19.3. The topological polar surface area (TPSA) is 113 Å². The van der Waals surface area contributed by atoms with Gasteiger partial charge >= 0.3 is 6.09 Å². The van der Waals surface area contributed by atoms with Gasteiger partial charge < -0.3 is 20.5 Å². The Kier molecular flexibility index (Phi) is 9.12. The van der Waals surface area contributed by atoms with Gasteiger partial charge in [0.15, 0.2) is 16.8 Å².